The number of halogens is 1. The van der Waals surface area contributed by atoms with Crippen molar-refractivity contribution in [2.75, 3.05) is 18.9 Å². The van der Waals surface area contributed by atoms with Crippen molar-refractivity contribution in [2.24, 2.45) is 5.73 Å². The van der Waals surface area contributed by atoms with Gasteiger partial charge in [0.25, 0.3) is 0 Å². The second-order valence-corrected chi connectivity index (χ2v) is 3.77. The zero-order valence-corrected chi connectivity index (χ0v) is 9.60. The second kappa shape index (κ2) is 5.01. The molecule has 18 heavy (non-hydrogen) atoms. The molecule has 0 aliphatic carbocycles. The molecule has 0 fully saturated rings. The summed E-state index contributed by atoms with van der Waals surface area (Å²) in [5.41, 5.74) is 11.9. The molecule has 0 unspecified atom stereocenters. The number of aromatic nitrogens is 2. The Bertz CT molecular complexity index is 582. The van der Waals surface area contributed by atoms with Gasteiger partial charge in [0.1, 0.15) is 12.4 Å². The van der Waals surface area contributed by atoms with Gasteiger partial charge in [0, 0.05) is 6.54 Å². The van der Waals surface area contributed by atoms with Gasteiger partial charge in [-0.1, -0.05) is 0 Å². The second-order valence-electron chi connectivity index (χ2n) is 3.77. The molecule has 1 heterocycles. The number of benzene rings is 1. The smallest absolute Gasteiger partial charge is 0.243 e. The van der Waals surface area contributed by atoms with Gasteiger partial charge in [0.15, 0.2) is 0 Å². The van der Waals surface area contributed by atoms with Crippen molar-refractivity contribution in [3.8, 4) is 0 Å². The molecule has 0 saturated carbocycles. The highest BCUT2D eigenvalue weighted by molar-refractivity contribution is 5.78. The van der Waals surface area contributed by atoms with E-state index in [1.165, 1.54) is 12.1 Å². The highest BCUT2D eigenvalue weighted by atomic mass is 19.1. The summed E-state index contributed by atoms with van der Waals surface area (Å²) in [5, 5.41) is 0. The van der Waals surface area contributed by atoms with Gasteiger partial charge < -0.3 is 20.8 Å². The van der Waals surface area contributed by atoms with E-state index >= 15 is 0 Å². The lowest BCUT2D eigenvalue weighted by Crippen LogP contribution is -2.20. The van der Waals surface area contributed by atoms with E-state index in [0.29, 0.717) is 17.6 Å². The van der Waals surface area contributed by atoms with Gasteiger partial charge in [0.2, 0.25) is 11.9 Å². The average Bonchev–Trinajstić information content (AvgIpc) is 2.60. The fourth-order valence-electron chi connectivity index (χ4n) is 1.68. The summed E-state index contributed by atoms with van der Waals surface area (Å²) in [6.07, 6.45) is 0. The molecule has 0 spiro atoms. The predicted octanol–water partition coefficient (Wildman–Crippen LogP) is 0.259. The van der Waals surface area contributed by atoms with Crippen molar-refractivity contribution < 1.29 is 13.9 Å². The third kappa shape index (κ3) is 2.57. The number of ether oxygens (including phenoxy) is 1. The molecule has 0 atom stereocenters. The Labute approximate surface area is 102 Å². The van der Waals surface area contributed by atoms with Gasteiger partial charge >= 0.3 is 0 Å². The summed E-state index contributed by atoms with van der Waals surface area (Å²) >= 11 is 0. The third-order valence-electron chi connectivity index (χ3n) is 2.44. The molecule has 0 radical (unpaired) electrons. The number of anilines is 1. The summed E-state index contributed by atoms with van der Waals surface area (Å²) in [6, 6.07) is 4.23. The van der Waals surface area contributed by atoms with E-state index < -0.39 is 5.91 Å². The summed E-state index contributed by atoms with van der Waals surface area (Å²) in [4.78, 5) is 14.6. The zero-order chi connectivity index (χ0) is 13.1. The van der Waals surface area contributed by atoms with Gasteiger partial charge in [-0.25, -0.2) is 9.37 Å². The van der Waals surface area contributed by atoms with Crippen molar-refractivity contribution >= 4 is 22.9 Å². The van der Waals surface area contributed by atoms with Crippen LogP contribution in [-0.4, -0.2) is 28.7 Å². The number of hydrogen-bond acceptors (Lipinski definition) is 4. The fourth-order valence-corrected chi connectivity index (χ4v) is 1.68. The summed E-state index contributed by atoms with van der Waals surface area (Å²) in [7, 11) is 0. The van der Waals surface area contributed by atoms with Crippen LogP contribution in [0.4, 0.5) is 10.3 Å². The number of nitrogen functional groups attached to an aromatic ring is 1. The summed E-state index contributed by atoms with van der Waals surface area (Å²) < 4.78 is 19.8. The van der Waals surface area contributed by atoms with Crippen LogP contribution in [0.25, 0.3) is 11.0 Å². The van der Waals surface area contributed by atoms with Crippen LogP contribution in [0.1, 0.15) is 0 Å². The van der Waals surface area contributed by atoms with Crippen molar-refractivity contribution in [2.45, 2.75) is 6.54 Å². The van der Waals surface area contributed by atoms with Crippen LogP contribution >= 0.6 is 0 Å². The van der Waals surface area contributed by atoms with Crippen molar-refractivity contribution in [3.63, 3.8) is 0 Å². The monoisotopic (exact) mass is 252 g/mol. The van der Waals surface area contributed by atoms with E-state index in [1.807, 2.05) is 0 Å². The van der Waals surface area contributed by atoms with Gasteiger partial charge in [-0.15, -0.1) is 0 Å². The largest absolute Gasteiger partial charge is 0.370 e. The lowest BCUT2D eigenvalue weighted by molar-refractivity contribution is -0.122. The highest BCUT2D eigenvalue weighted by Crippen LogP contribution is 2.18. The molecule has 1 aromatic heterocycles. The molecule has 96 valence electrons. The SMILES string of the molecule is NC(=O)COCCn1c(N)nc2ccc(F)cc21. The maximum absolute atomic E-state index is 13.1. The van der Waals surface area contributed by atoms with Crippen LogP contribution in [0.15, 0.2) is 18.2 Å². The number of fused-ring (bicyclic) bond motifs is 1. The molecule has 1 amide bonds. The Morgan fingerprint density at radius 3 is 3.00 bits per heavy atom. The minimum absolute atomic E-state index is 0.152. The molecule has 7 heteroatoms. The minimum Gasteiger partial charge on any atom is -0.370 e. The van der Waals surface area contributed by atoms with Gasteiger partial charge in [-0.3, -0.25) is 4.79 Å². The molecular weight excluding hydrogens is 239 g/mol. The van der Waals surface area contributed by atoms with Gasteiger partial charge in [-0.05, 0) is 18.2 Å². The lowest BCUT2D eigenvalue weighted by atomic mass is 10.3. The number of carbonyl (C=O) groups excluding carboxylic acids is 1. The summed E-state index contributed by atoms with van der Waals surface area (Å²) in [5.74, 6) is -0.621. The molecule has 2 aromatic rings. The Balaban J connectivity index is 2.14. The van der Waals surface area contributed by atoms with Crippen molar-refractivity contribution in [1.82, 2.24) is 9.55 Å². The molecule has 0 saturated heterocycles. The lowest BCUT2D eigenvalue weighted by Gasteiger charge is -2.06. The molecule has 0 aliphatic rings. The maximum Gasteiger partial charge on any atom is 0.243 e. The number of nitrogens with zero attached hydrogens (tertiary/aromatic N) is 2. The van der Waals surface area contributed by atoms with Gasteiger partial charge in [-0.2, -0.15) is 0 Å². The van der Waals surface area contributed by atoms with Crippen LogP contribution in [-0.2, 0) is 16.1 Å². The van der Waals surface area contributed by atoms with E-state index in [9.17, 15) is 9.18 Å². The van der Waals surface area contributed by atoms with E-state index in [4.69, 9.17) is 16.2 Å². The van der Waals surface area contributed by atoms with Crippen molar-refractivity contribution in [3.05, 3.63) is 24.0 Å². The highest BCUT2D eigenvalue weighted by Gasteiger charge is 2.08. The first-order valence-electron chi connectivity index (χ1n) is 5.35. The molecule has 0 aliphatic heterocycles. The number of amides is 1. The standard InChI is InChI=1S/C11H13FN4O2/c12-7-1-2-8-9(5-7)16(11(14)15-8)3-4-18-6-10(13)17/h1-2,5H,3-4,6H2,(H2,13,17)(H2,14,15). The normalized spacial score (nSPS) is 10.9. The fraction of sp³-hybridized carbons (Fsp3) is 0.273. The molecule has 1 aromatic carbocycles. The Hall–Kier alpha value is -2.15. The number of primary amides is 1. The van der Waals surface area contributed by atoms with Crippen LogP contribution in [0.5, 0.6) is 0 Å². The topological polar surface area (TPSA) is 96.2 Å². The van der Waals surface area contributed by atoms with E-state index in [0.717, 1.165) is 0 Å². The Morgan fingerprint density at radius 2 is 2.28 bits per heavy atom. The first-order chi connectivity index (χ1) is 8.58. The van der Waals surface area contributed by atoms with Crippen LogP contribution in [0.3, 0.4) is 0 Å². The quantitative estimate of drug-likeness (QED) is 0.746. The number of rotatable bonds is 5. The number of imidazole rings is 1. The van der Waals surface area contributed by atoms with E-state index in [2.05, 4.69) is 4.98 Å². The maximum atomic E-state index is 13.1. The third-order valence-corrected chi connectivity index (χ3v) is 2.44. The average molecular weight is 252 g/mol. The van der Waals surface area contributed by atoms with Crippen LogP contribution in [0.2, 0.25) is 0 Å². The zero-order valence-electron chi connectivity index (χ0n) is 9.60. The minimum atomic E-state index is -0.537. The van der Waals surface area contributed by atoms with E-state index in [-0.39, 0.29) is 25.0 Å². The Kier molecular flexibility index (Phi) is 3.42. The first-order valence-corrected chi connectivity index (χ1v) is 5.35. The molecular formula is C11H13FN4O2. The molecule has 4 N–H and O–H groups in total. The number of carbonyl (C=O) groups is 1. The van der Waals surface area contributed by atoms with Crippen molar-refractivity contribution in [1.29, 1.82) is 0 Å². The molecule has 6 nitrogen and oxygen atoms in total. The van der Waals surface area contributed by atoms with E-state index in [1.54, 1.807) is 10.6 Å². The number of hydrogen-bond donors (Lipinski definition) is 2. The summed E-state index contributed by atoms with van der Waals surface area (Å²) in [6.45, 7) is 0.467. The van der Waals surface area contributed by atoms with Gasteiger partial charge in [0.05, 0.1) is 17.6 Å². The predicted molar refractivity (Wildman–Crippen MR) is 64.1 cm³/mol. The molecule has 0 bridgehead atoms. The number of nitrogens with two attached hydrogens (primary N) is 2. The Morgan fingerprint density at radius 1 is 1.50 bits per heavy atom. The van der Waals surface area contributed by atoms with Crippen LogP contribution < -0.4 is 11.5 Å². The molecule has 2 rings (SSSR count). The van der Waals surface area contributed by atoms with Crippen LogP contribution in [0, 0.1) is 5.82 Å². The first kappa shape index (κ1) is 12.3.